The third-order valence-electron chi connectivity index (χ3n) is 4.52. The number of benzene rings is 1. The van der Waals surface area contributed by atoms with E-state index in [2.05, 4.69) is 0 Å². The van der Waals surface area contributed by atoms with E-state index in [1.165, 1.54) is 23.1 Å². The van der Waals surface area contributed by atoms with E-state index in [9.17, 15) is 18.0 Å². The van der Waals surface area contributed by atoms with Gasteiger partial charge in [-0.15, -0.1) is 0 Å². The van der Waals surface area contributed by atoms with E-state index >= 15 is 0 Å². The number of esters is 1. The van der Waals surface area contributed by atoms with Crippen LogP contribution in [0.3, 0.4) is 0 Å². The largest absolute Gasteiger partial charge is 0.452 e. The molecule has 1 fully saturated rings. The molecule has 0 aliphatic carbocycles. The molecule has 2 atom stereocenters. The van der Waals surface area contributed by atoms with Crippen molar-refractivity contribution in [3.63, 3.8) is 0 Å². The summed E-state index contributed by atoms with van der Waals surface area (Å²) in [5, 5.41) is 0.389. The summed E-state index contributed by atoms with van der Waals surface area (Å²) in [4.78, 5) is 26.3. The minimum atomic E-state index is -3.13. The summed E-state index contributed by atoms with van der Waals surface area (Å²) in [7, 11) is -3.13. The molecule has 26 heavy (non-hydrogen) atoms. The van der Waals surface area contributed by atoms with Gasteiger partial charge in [0.2, 0.25) is 0 Å². The summed E-state index contributed by atoms with van der Waals surface area (Å²) in [6, 6.07) is 3.82. The fourth-order valence-electron chi connectivity index (χ4n) is 3.00. The Morgan fingerprint density at radius 1 is 1.42 bits per heavy atom. The highest BCUT2D eigenvalue weighted by Gasteiger charge is 2.36. The van der Waals surface area contributed by atoms with Crippen LogP contribution < -0.4 is 5.73 Å². The Hall–Kier alpha value is -1.80. The zero-order valence-corrected chi connectivity index (χ0v) is 16.3. The van der Waals surface area contributed by atoms with E-state index in [1.54, 1.807) is 0 Å². The normalized spacial score (nSPS) is 19.7. The van der Waals surface area contributed by atoms with Crippen LogP contribution in [0.1, 0.15) is 37.0 Å². The molecule has 0 saturated carbocycles. The van der Waals surface area contributed by atoms with Crippen molar-refractivity contribution in [3.8, 4) is 0 Å². The Labute approximate surface area is 158 Å². The van der Waals surface area contributed by atoms with Gasteiger partial charge >= 0.3 is 5.97 Å². The molecule has 7 nitrogen and oxygen atoms in total. The maximum atomic E-state index is 12.6. The van der Waals surface area contributed by atoms with Crippen LogP contribution in [0.4, 0.5) is 5.69 Å². The first-order valence-corrected chi connectivity index (χ1v) is 10.6. The molecule has 1 amide bonds. The van der Waals surface area contributed by atoms with Gasteiger partial charge in [-0.25, -0.2) is 13.2 Å². The number of carbonyl (C=O) groups excluding carboxylic acids is 2. The van der Waals surface area contributed by atoms with E-state index in [0.717, 1.165) is 0 Å². The molecular weight excluding hydrogens is 380 g/mol. The van der Waals surface area contributed by atoms with Gasteiger partial charge in [0.25, 0.3) is 5.91 Å². The van der Waals surface area contributed by atoms with Gasteiger partial charge in [0.15, 0.2) is 16.4 Å². The second kappa shape index (κ2) is 8.26. The average molecular weight is 403 g/mol. The summed E-state index contributed by atoms with van der Waals surface area (Å²) in [6.07, 6.45) is 1.07. The number of carbonyl (C=O) groups is 2. The first-order valence-electron chi connectivity index (χ1n) is 8.38. The Morgan fingerprint density at radius 2 is 2.12 bits per heavy atom. The molecule has 1 aromatic carbocycles. The third kappa shape index (κ3) is 4.88. The zero-order valence-electron chi connectivity index (χ0n) is 14.8. The van der Waals surface area contributed by atoms with Gasteiger partial charge in [-0.3, -0.25) is 4.79 Å². The Balaban J connectivity index is 2.06. The molecule has 1 saturated heterocycles. The quantitative estimate of drug-likeness (QED) is 0.575. The van der Waals surface area contributed by atoms with E-state index < -0.39 is 28.3 Å². The van der Waals surface area contributed by atoms with E-state index in [1.807, 2.05) is 13.8 Å². The number of halogens is 1. The highest BCUT2D eigenvalue weighted by molar-refractivity contribution is 7.91. The Kier molecular flexibility index (Phi) is 6.52. The molecule has 9 heteroatoms. The second-order valence-corrected chi connectivity index (χ2v) is 9.09. The van der Waals surface area contributed by atoms with Crippen molar-refractivity contribution in [1.82, 2.24) is 4.90 Å². The van der Waals surface area contributed by atoms with Gasteiger partial charge in [-0.05, 0) is 38.0 Å². The number of sulfone groups is 1. The average Bonchev–Trinajstić information content (AvgIpc) is 2.92. The number of hydrogen-bond acceptors (Lipinski definition) is 6. The van der Waals surface area contributed by atoms with Crippen LogP contribution >= 0.6 is 11.6 Å². The third-order valence-corrected chi connectivity index (χ3v) is 6.50. The number of anilines is 1. The van der Waals surface area contributed by atoms with Crippen LogP contribution in [-0.2, 0) is 19.4 Å². The summed E-state index contributed by atoms with van der Waals surface area (Å²) in [5.74, 6) is -1.13. The van der Waals surface area contributed by atoms with Gasteiger partial charge in [0.1, 0.15) is 0 Å². The monoisotopic (exact) mass is 402 g/mol. The number of hydrogen-bond donors (Lipinski definition) is 1. The SMILES string of the molecule is CC[C@@H](C)N(C(=O)COC(=O)c1ccc(Cl)cc1N)[C@H]1CCS(=O)(=O)C1. The van der Waals surface area contributed by atoms with Gasteiger partial charge < -0.3 is 15.4 Å². The minimum Gasteiger partial charge on any atom is -0.452 e. The lowest BCUT2D eigenvalue weighted by Crippen LogP contribution is -2.48. The number of ether oxygens (including phenoxy) is 1. The molecule has 0 unspecified atom stereocenters. The number of nitrogen functional groups attached to an aromatic ring is 1. The lowest BCUT2D eigenvalue weighted by Gasteiger charge is -2.33. The van der Waals surface area contributed by atoms with E-state index in [-0.39, 0.29) is 34.8 Å². The fourth-order valence-corrected chi connectivity index (χ4v) is 4.89. The van der Waals surface area contributed by atoms with Gasteiger partial charge in [-0.2, -0.15) is 0 Å². The minimum absolute atomic E-state index is 0.0544. The fraction of sp³-hybridized carbons (Fsp3) is 0.529. The van der Waals surface area contributed by atoms with Gasteiger partial charge in [0.05, 0.1) is 17.1 Å². The van der Waals surface area contributed by atoms with Crippen LogP contribution in [0, 0.1) is 0 Å². The molecule has 0 aromatic heterocycles. The molecule has 1 aliphatic rings. The summed E-state index contributed by atoms with van der Waals surface area (Å²) < 4.78 is 28.6. The molecule has 144 valence electrons. The van der Waals surface area contributed by atoms with Crippen LogP contribution in [0.5, 0.6) is 0 Å². The van der Waals surface area contributed by atoms with Crippen LogP contribution in [0.25, 0.3) is 0 Å². The highest BCUT2D eigenvalue weighted by Crippen LogP contribution is 2.22. The summed E-state index contributed by atoms with van der Waals surface area (Å²) in [6.45, 7) is 3.29. The van der Waals surface area contributed by atoms with Crippen molar-refractivity contribution in [2.45, 2.75) is 38.8 Å². The number of rotatable bonds is 6. The van der Waals surface area contributed by atoms with Gasteiger partial charge in [0, 0.05) is 22.8 Å². The maximum Gasteiger partial charge on any atom is 0.340 e. The predicted molar refractivity (Wildman–Crippen MR) is 99.8 cm³/mol. The molecular formula is C17H23ClN2O5S. The van der Waals surface area contributed by atoms with E-state index in [0.29, 0.717) is 17.9 Å². The summed E-state index contributed by atoms with van der Waals surface area (Å²) in [5.41, 5.74) is 6.03. The van der Waals surface area contributed by atoms with Crippen LogP contribution in [0.2, 0.25) is 5.02 Å². The second-order valence-electron chi connectivity index (χ2n) is 6.42. The van der Waals surface area contributed by atoms with Gasteiger partial charge in [-0.1, -0.05) is 18.5 Å². The molecule has 0 bridgehead atoms. The van der Waals surface area contributed by atoms with Crippen molar-refractivity contribution in [2.75, 3.05) is 23.8 Å². The number of nitrogens with zero attached hydrogens (tertiary/aromatic N) is 1. The topological polar surface area (TPSA) is 107 Å². The molecule has 2 N–H and O–H groups in total. The first kappa shape index (κ1) is 20.5. The van der Waals surface area contributed by atoms with Crippen molar-refractivity contribution in [1.29, 1.82) is 0 Å². The zero-order chi connectivity index (χ0) is 19.5. The molecule has 2 rings (SSSR count). The molecule has 0 radical (unpaired) electrons. The molecule has 1 aliphatic heterocycles. The lowest BCUT2D eigenvalue weighted by molar-refractivity contribution is -0.138. The van der Waals surface area contributed by atoms with E-state index in [4.69, 9.17) is 22.1 Å². The van der Waals surface area contributed by atoms with Crippen molar-refractivity contribution >= 4 is 39.0 Å². The number of amides is 1. The molecule has 0 spiro atoms. The Bertz CT molecular complexity index is 796. The molecule has 1 aromatic rings. The van der Waals surface area contributed by atoms with Crippen LogP contribution in [0.15, 0.2) is 18.2 Å². The maximum absolute atomic E-state index is 12.6. The Morgan fingerprint density at radius 3 is 2.65 bits per heavy atom. The lowest BCUT2D eigenvalue weighted by atomic mass is 10.1. The molecule has 1 heterocycles. The van der Waals surface area contributed by atoms with Crippen molar-refractivity contribution in [3.05, 3.63) is 28.8 Å². The predicted octanol–water partition coefficient (Wildman–Crippen LogP) is 1.89. The summed E-state index contributed by atoms with van der Waals surface area (Å²) >= 11 is 5.80. The first-order chi connectivity index (χ1) is 12.1. The smallest absolute Gasteiger partial charge is 0.340 e. The van der Waals surface area contributed by atoms with Crippen LogP contribution in [-0.4, -0.2) is 55.4 Å². The number of nitrogens with two attached hydrogens (primary N) is 1. The highest BCUT2D eigenvalue weighted by atomic mass is 35.5. The van der Waals surface area contributed by atoms with Crippen molar-refractivity contribution in [2.24, 2.45) is 0 Å². The van der Waals surface area contributed by atoms with Crippen molar-refractivity contribution < 1.29 is 22.7 Å². The standard InChI is InChI=1S/C17H23ClN2O5S/c1-3-11(2)20(13-6-7-26(23,24)10-13)16(21)9-25-17(22)14-5-4-12(18)8-15(14)19/h4-5,8,11,13H,3,6-7,9-10,19H2,1-2H3/t11-,13+/m1/s1.